The first-order valence-corrected chi connectivity index (χ1v) is 6.71. The van der Waals surface area contributed by atoms with Crippen molar-refractivity contribution in [2.24, 2.45) is 0 Å². The van der Waals surface area contributed by atoms with Crippen LogP contribution in [0.1, 0.15) is 33.6 Å². The normalized spacial score (nSPS) is 10.1. The molecule has 1 N–H and O–H groups in total. The van der Waals surface area contributed by atoms with Gasteiger partial charge in [-0.3, -0.25) is 4.79 Å². The summed E-state index contributed by atoms with van der Waals surface area (Å²) in [5.41, 5.74) is 1.91. The van der Waals surface area contributed by atoms with E-state index in [4.69, 9.17) is 0 Å². The molecular weight excluding hydrogens is 240 g/mol. The van der Waals surface area contributed by atoms with E-state index in [9.17, 15) is 9.59 Å². The summed E-state index contributed by atoms with van der Waals surface area (Å²) >= 11 is 0. The quantitative estimate of drug-likeness (QED) is 0.822. The Hall–Kier alpha value is -1.84. The lowest BCUT2D eigenvalue weighted by molar-refractivity contribution is -0.121. The molecule has 104 valence electrons. The summed E-state index contributed by atoms with van der Waals surface area (Å²) in [6.45, 7) is 7.63. The van der Waals surface area contributed by atoms with Crippen LogP contribution in [0.15, 0.2) is 24.3 Å². The number of hydrogen-bond acceptors (Lipinski definition) is 3. The van der Waals surface area contributed by atoms with Crippen LogP contribution in [-0.2, 0) is 9.59 Å². The number of nitrogens with zero attached hydrogens (tertiary/aromatic N) is 1. The van der Waals surface area contributed by atoms with Gasteiger partial charge in [0.2, 0.25) is 5.91 Å². The monoisotopic (exact) mass is 262 g/mol. The average molecular weight is 262 g/mol. The fourth-order valence-corrected chi connectivity index (χ4v) is 1.86. The van der Waals surface area contributed by atoms with E-state index >= 15 is 0 Å². The maximum absolute atomic E-state index is 11.6. The Kier molecular flexibility index (Phi) is 6.06. The molecule has 0 atom stereocenters. The Morgan fingerprint density at radius 3 is 2.11 bits per heavy atom. The van der Waals surface area contributed by atoms with Gasteiger partial charge in [-0.1, -0.05) is 0 Å². The standard InChI is InChI=1S/C15H22N2O2/c1-4-17(5-2)14-9-7-13(8-10-14)16-15(19)11-6-12(3)18/h7-10H,4-6,11H2,1-3H3,(H,16,19). The molecule has 0 radical (unpaired) electrons. The lowest BCUT2D eigenvalue weighted by Crippen LogP contribution is -2.21. The highest BCUT2D eigenvalue weighted by Gasteiger charge is 2.05. The van der Waals surface area contributed by atoms with Crippen LogP contribution in [0.3, 0.4) is 0 Å². The predicted molar refractivity (Wildman–Crippen MR) is 78.5 cm³/mol. The number of benzene rings is 1. The van der Waals surface area contributed by atoms with Gasteiger partial charge in [0.05, 0.1) is 0 Å². The van der Waals surface area contributed by atoms with Crippen LogP contribution in [0.5, 0.6) is 0 Å². The van der Waals surface area contributed by atoms with Gasteiger partial charge in [-0.15, -0.1) is 0 Å². The van der Waals surface area contributed by atoms with Gasteiger partial charge >= 0.3 is 0 Å². The molecule has 0 heterocycles. The molecule has 0 aliphatic rings. The summed E-state index contributed by atoms with van der Waals surface area (Å²) < 4.78 is 0. The van der Waals surface area contributed by atoms with Gasteiger partial charge in [0.1, 0.15) is 5.78 Å². The van der Waals surface area contributed by atoms with E-state index in [1.54, 1.807) is 0 Å². The molecule has 1 aromatic rings. The molecule has 4 heteroatoms. The largest absolute Gasteiger partial charge is 0.372 e. The SMILES string of the molecule is CCN(CC)c1ccc(NC(=O)CCC(C)=O)cc1. The van der Waals surface area contributed by atoms with Gasteiger partial charge in [0.15, 0.2) is 0 Å². The highest BCUT2D eigenvalue weighted by molar-refractivity contribution is 5.93. The second kappa shape index (κ2) is 7.56. The molecule has 19 heavy (non-hydrogen) atoms. The fourth-order valence-electron chi connectivity index (χ4n) is 1.86. The summed E-state index contributed by atoms with van der Waals surface area (Å²) in [4.78, 5) is 24.6. The Bertz CT molecular complexity index is 422. The minimum Gasteiger partial charge on any atom is -0.372 e. The van der Waals surface area contributed by atoms with Crippen molar-refractivity contribution in [3.63, 3.8) is 0 Å². The van der Waals surface area contributed by atoms with Crippen LogP contribution in [0.4, 0.5) is 11.4 Å². The Morgan fingerprint density at radius 2 is 1.63 bits per heavy atom. The lowest BCUT2D eigenvalue weighted by atomic mass is 10.2. The Labute approximate surface area is 114 Å². The topological polar surface area (TPSA) is 49.4 Å². The molecule has 1 amide bonds. The van der Waals surface area contributed by atoms with Gasteiger partial charge in [-0.25, -0.2) is 0 Å². The van der Waals surface area contributed by atoms with Crippen LogP contribution in [-0.4, -0.2) is 24.8 Å². The number of Topliss-reactive ketones (excluding diaryl/α,β-unsaturated/α-hetero) is 1. The number of carbonyl (C=O) groups excluding carboxylic acids is 2. The zero-order chi connectivity index (χ0) is 14.3. The number of hydrogen-bond donors (Lipinski definition) is 1. The summed E-state index contributed by atoms with van der Waals surface area (Å²) in [6, 6.07) is 7.76. The third-order valence-electron chi connectivity index (χ3n) is 2.98. The number of ketones is 1. The number of carbonyl (C=O) groups is 2. The maximum atomic E-state index is 11.6. The molecule has 0 unspecified atom stereocenters. The molecule has 0 aliphatic heterocycles. The van der Waals surface area contributed by atoms with E-state index in [-0.39, 0.29) is 18.1 Å². The zero-order valence-electron chi connectivity index (χ0n) is 11.9. The van der Waals surface area contributed by atoms with Crippen molar-refractivity contribution in [2.75, 3.05) is 23.3 Å². The highest BCUT2D eigenvalue weighted by atomic mass is 16.2. The van der Waals surface area contributed by atoms with Crippen molar-refractivity contribution in [2.45, 2.75) is 33.6 Å². The van der Waals surface area contributed by atoms with Crippen LogP contribution in [0.25, 0.3) is 0 Å². The molecule has 4 nitrogen and oxygen atoms in total. The number of rotatable bonds is 7. The molecule has 0 aromatic heterocycles. The van der Waals surface area contributed by atoms with E-state index < -0.39 is 0 Å². The minimum absolute atomic E-state index is 0.0343. The third kappa shape index (κ3) is 5.12. The van der Waals surface area contributed by atoms with Crippen molar-refractivity contribution in [1.82, 2.24) is 0 Å². The first-order chi connectivity index (χ1) is 9.06. The number of anilines is 2. The van der Waals surface area contributed by atoms with Gasteiger partial charge in [-0.05, 0) is 45.0 Å². The summed E-state index contributed by atoms with van der Waals surface area (Å²) in [5.74, 6) is -0.0854. The summed E-state index contributed by atoms with van der Waals surface area (Å²) in [6.07, 6.45) is 0.538. The number of nitrogens with one attached hydrogen (secondary N) is 1. The van der Waals surface area contributed by atoms with Crippen molar-refractivity contribution in [1.29, 1.82) is 0 Å². The second-order valence-electron chi connectivity index (χ2n) is 4.47. The molecule has 1 aromatic carbocycles. The van der Waals surface area contributed by atoms with Crippen molar-refractivity contribution in [3.05, 3.63) is 24.3 Å². The van der Waals surface area contributed by atoms with E-state index in [2.05, 4.69) is 24.1 Å². The van der Waals surface area contributed by atoms with Gasteiger partial charge < -0.3 is 15.0 Å². The first kappa shape index (κ1) is 15.2. The van der Waals surface area contributed by atoms with Crippen LogP contribution in [0.2, 0.25) is 0 Å². The summed E-state index contributed by atoms with van der Waals surface area (Å²) in [5, 5.41) is 2.79. The van der Waals surface area contributed by atoms with Crippen molar-refractivity contribution < 1.29 is 9.59 Å². The third-order valence-corrected chi connectivity index (χ3v) is 2.98. The molecule has 0 spiro atoms. The summed E-state index contributed by atoms with van der Waals surface area (Å²) in [7, 11) is 0. The van der Waals surface area contributed by atoms with E-state index in [1.807, 2.05) is 24.3 Å². The molecular formula is C15H22N2O2. The predicted octanol–water partition coefficient (Wildman–Crippen LogP) is 2.84. The lowest BCUT2D eigenvalue weighted by Gasteiger charge is -2.21. The van der Waals surface area contributed by atoms with E-state index in [1.165, 1.54) is 6.92 Å². The average Bonchev–Trinajstić information content (AvgIpc) is 2.40. The van der Waals surface area contributed by atoms with Gasteiger partial charge in [-0.2, -0.15) is 0 Å². The van der Waals surface area contributed by atoms with Gasteiger partial charge in [0, 0.05) is 37.3 Å². The molecule has 0 bridgehead atoms. The molecule has 0 saturated carbocycles. The second-order valence-corrected chi connectivity index (χ2v) is 4.47. The zero-order valence-corrected chi connectivity index (χ0v) is 11.9. The van der Waals surface area contributed by atoms with E-state index in [0.29, 0.717) is 6.42 Å². The van der Waals surface area contributed by atoms with Crippen molar-refractivity contribution >= 4 is 23.1 Å². The highest BCUT2D eigenvalue weighted by Crippen LogP contribution is 2.17. The smallest absolute Gasteiger partial charge is 0.224 e. The Balaban J connectivity index is 2.56. The fraction of sp³-hybridized carbons (Fsp3) is 0.467. The molecule has 1 rings (SSSR count). The van der Waals surface area contributed by atoms with Crippen LogP contribution >= 0.6 is 0 Å². The van der Waals surface area contributed by atoms with Gasteiger partial charge in [0.25, 0.3) is 0 Å². The van der Waals surface area contributed by atoms with Crippen molar-refractivity contribution in [3.8, 4) is 0 Å². The van der Waals surface area contributed by atoms with Crippen LogP contribution < -0.4 is 10.2 Å². The minimum atomic E-state index is -0.120. The maximum Gasteiger partial charge on any atom is 0.224 e. The molecule has 0 fully saturated rings. The first-order valence-electron chi connectivity index (χ1n) is 6.71. The Morgan fingerprint density at radius 1 is 1.05 bits per heavy atom. The number of amides is 1. The van der Waals surface area contributed by atoms with Crippen LogP contribution in [0, 0.1) is 0 Å². The van der Waals surface area contributed by atoms with E-state index in [0.717, 1.165) is 24.5 Å². The molecule has 0 saturated heterocycles. The molecule has 0 aliphatic carbocycles.